The van der Waals surface area contributed by atoms with Crippen molar-refractivity contribution in [2.45, 2.75) is 45.6 Å². The molecule has 0 spiro atoms. The molecular formula is C26H28FN3O3S. The molecule has 6 nitrogen and oxygen atoms in total. The van der Waals surface area contributed by atoms with Crippen LogP contribution in [0.25, 0.3) is 6.08 Å². The standard InChI is InChI=1S/C26H28FN3O3S/c1-5-30-21-13-20(27)17(11-19(21)16(2)14-26(30,3)4)12-22-24(32)29(25(33)34-22)15-23(31)28-18-9-7-6-8-10-18/h6-13,16H,5,14-15H2,1-4H3,(H,28,31)/b22-12+. The van der Waals surface area contributed by atoms with Gasteiger partial charge < -0.3 is 10.2 Å². The Morgan fingerprint density at radius 2 is 1.94 bits per heavy atom. The number of hydrogen-bond acceptors (Lipinski definition) is 5. The molecule has 178 valence electrons. The zero-order valence-corrected chi connectivity index (χ0v) is 20.5. The van der Waals surface area contributed by atoms with Crippen LogP contribution in [0.5, 0.6) is 0 Å². The van der Waals surface area contributed by atoms with E-state index in [1.807, 2.05) is 6.07 Å². The minimum Gasteiger partial charge on any atom is -0.366 e. The molecule has 2 heterocycles. The third-order valence-corrected chi connectivity index (χ3v) is 7.25. The van der Waals surface area contributed by atoms with E-state index in [4.69, 9.17) is 0 Å². The maximum Gasteiger partial charge on any atom is 0.294 e. The van der Waals surface area contributed by atoms with Crippen LogP contribution >= 0.6 is 11.8 Å². The number of halogens is 1. The molecule has 2 aromatic rings. The van der Waals surface area contributed by atoms with Crippen LogP contribution in [0.1, 0.15) is 51.2 Å². The number of carbonyl (C=O) groups excluding carboxylic acids is 3. The fourth-order valence-electron chi connectivity index (χ4n) is 4.87. The van der Waals surface area contributed by atoms with Crippen LogP contribution < -0.4 is 10.2 Å². The SMILES string of the molecule is CCN1c2cc(F)c(/C=C3/SC(=O)N(CC(=O)Nc4ccccc4)C3=O)cc2C(C)CC1(C)C. The minimum atomic E-state index is -0.598. The number of anilines is 2. The van der Waals surface area contributed by atoms with Gasteiger partial charge in [-0.25, -0.2) is 4.39 Å². The lowest BCUT2D eigenvalue weighted by atomic mass is 9.79. The van der Waals surface area contributed by atoms with Crippen molar-refractivity contribution in [3.05, 3.63) is 64.3 Å². The van der Waals surface area contributed by atoms with E-state index in [0.717, 1.165) is 40.9 Å². The molecule has 0 radical (unpaired) electrons. The van der Waals surface area contributed by atoms with E-state index >= 15 is 4.39 Å². The lowest BCUT2D eigenvalue weighted by Crippen LogP contribution is -2.48. The summed E-state index contributed by atoms with van der Waals surface area (Å²) >= 11 is 0.718. The van der Waals surface area contributed by atoms with Crippen LogP contribution in [0.4, 0.5) is 20.6 Å². The van der Waals surface area contributed by atoms with Crippen LogP contribution in [0, 0.1) is 5.82 Å². The molecule has 0 saturated carbocycles. The average molecular weight is 482 g/mol. The van der Waals surface area contributed by atoms with Crippen LogP contribution in [0.3, 0.4) is 0 Å². The highest BCUT2D eigenvalue weighted by Crippen LogP contribution is 2.44. The molecule has 1 N–H and O–H groups in total. The fraction of sp³-hybridized carbons (Fsp3) is 0.346. The molecule has 4 rings (SSSR count). The summed E-state index contributed by atoms with van der Waals surface area (Å²) in [4.78, 5) is 40.8. The first kappa shape index (κ1) is 24.0. The van der Waals surface area contributed by atoms with Crippen molar-refractivity contribution in [3.8, 4) is 0 Å². The van der Waals surface area contributed by atoms with Crippen molar-refractivity contribution in [1.82, 2.24) is 4.90 Å². The number of nitrogens with zero attached hydrogens (tertiary/aromatic N) is 2. The quantitative estimate of drug-likeness (QED) is 0.562. The number of amides is 3. The summed E-state index contributed by atoms with van der Waals surface area (Å²) < 4.78 is 15.1. The number of hydrogen-bond donors (Lipinski definition) is 1. The maximum absolute atomic E-state index is 15.1. The second-order valence-electron chi connectivity index (χ2n) is 9.28. The summed E-state index contributed by atoms with van der Waals surface area (Å²) in [6, 6.07) is 12.1. The molecule has 2 aromatic carbocycles. The maximum atomic E-state index is 15.1. The molecule has 0 bridgehead atoms. The zero-order chi connectivity index (χ0) is 24.6. The van der Waals surface area contributed by atoms with Gasteiger partial charge in [0, 0.05) is 29.0 Å². The van der Waals surface area contributed by atoms with Gasteiger partial charge in [0.2, 0.25) is 5.91 Å². The van der Waals surface area contributed by atoms with E-state index in [1.165, 1.54) is 12.1 Å². The molecule has 1 atom stereocenters. The Labute approximate surface area is 203 Å². The van der Waals surface area contributed by atoms with Crippen LogP contribution in [0.2, 0.25) is 0 Å². The first-order chi connectivity index (χ1) is 16.1. The topological polar surface area (TPSA) is 69.7 Å². The number of fused-ring (bicyclic) bond motifs is 1. The summed E-state index contributed by atoms with van der Waals surface area (Å²) in [6.45, 7) is 8.85. The number of rotatable bonds is 5. The number of imide groups is 1. The Balaban J connectivity index is 1.57. The van der Waals surface area contributed by atoms with Gasteiger partial charge in [0.05, 0.1) is 4.91 Å². The first-order valence-corrected chi connectivity index (χ1v) is 12.1. The van der Waals surface area contributed by atoms with Gasteiger partial charge >= 0.3 is 0 Å². The molecule has 2 aliphatic heterocycles. The fourth-order valence-corrected chi connectivity index (χ4v) is 5.70. The van der Waals surface area contributed by atoms with E-state index in [0.29, 0.717) is 5.69 Å². The first-order valence-electron chi connectivity index (χ1n) is 11.3. The van der Waals surface area contributed by atoms with Crippen molar-refractivity contribution in [2.75, 3.05) is 23.3 Å². The molecule has 0 aliphatic carbocycles. The Morgan fingerprint density at radius 3 is 2.62 bits per heavy atom. The van der Waals surface area contributed by atoms with Gasteiger partial charge in [-0.3, -0.25) is 19.3 Å². The van der Waals surface area contributed by atoms with Gasteiger partial charge in [0.1, 0.15) is 12.4 Å². The Kier molecular flexibility index (Phi) is 6.53. The second-order valence-corrected chi connectivity index (χ2v) is 10.3. The van der Waals surface area contributed by atoms with E-state index in [-0.39, 0.29) is 21.9 Å². The smallest absolute Gasteiger partial charge is 0.294 e. The molecule has 1 saturated heterocycles. The number of para-hydroxylation sites is 1. The second kappa shape index (κ2) is 9.25. The largest absolute Gasteiger partial charge is 0.366 e. The van der Waals surface area contributed by atoms with Crippen molar-refractivity contribution >= 4 is 46.3 Å². The van der Waals surface area contributed by atoms with Gasteiger partial charge in [-0.05, 0) is 80.8 Å². The normalized spacial score (nSPS) is 20.6. The van der Waals surface area contributed by atoms with Crippen molar-refractivity contribution < 1.29 is 18.8 Å². The lowest BCUT2D eigenvalue weighted by Gasteiger charge is -2.47. The predicted molar refractivity (Wildman–Crippen MR) is 134 cm³/mol. The summed E-state index contributed by atoms with van der Waals surface area (Å²) in [5, 5.41) is 2.11. The van der Waals surface area contributed by atoms with E-state index < -0.39 is 29.4 Å². The molecule has 8 heteroatoms. The van der Waals surface area contributed by atoms with Crippen LogP contribution in [-0.4, -0.2) is 40.6 Å². The van der Waals surface area contributed by atoms with Crippen molar-refractivity contribution in [1.29, 1.82) is 0 Å². The molecular weight excluding hydrogens is 453 g/mol. The van der Waals surface area contributed by atoms with Crippen LogP contribution in [0.15, 0.2) is 47.4 Å². The van der Waals surface area contributed by atoms with Gasteiger partial charge in [-0.15, -0.1) is 0 Å². The molecule has 3 amide bonds. The van der Waals surface area contributed by atoms with Gasteiger partial charge in [0.15, 0.2) is 0 Å². The third-order valence-electron chi connectivity index (χ3n) is 6.34. The van der Waals surface area contributed by atoms with Gasteiger partial charge in [0.25, 0.3) is 11.1 Å². The number of nitrogens with one attached hydrogen (secondary N) is 1. The summed E-state index contributed by atoms with van der Waals surface area (Å²) in [5.41, 5.74) is 2.64. The molecule has 2 aliphatic rings. The Morgan fingerprint density at radius 1 is 1.24 bits per heavy atom. The van der Waals surface area contributed by atoms with Gasteiger partial charge in [-0.1, -0.05) is 25.1 Å². The lowest BCUT2D eigenvalue weighted by molar-refractivity contribution is -0.127. The van der Waals surface area contributed by atoms with Crippen molar-refractivity contribution in [3.63, 3.8) is 0 Å². The van der Waals surface area contributed by atoms with E-state index in [2.05, 4.69) is 37.9 Å². The summed E-state index contributed by atoms with van der Waals surface area (Å²) in [6.07, 6.45) is 2.34. The molecule has 1 fully saturated rings. The Hall–Kier alpha value is -3.13. The summed E-state index contributed by atoms with van der Waals surface area (Å²) in [5.74, 6) is -1.31. The highest BCUT2D eigenvalue weighted by Gasteiger charge is 2.38. The molecule has 34 heavy (non-hydrogen) atoms. The third kappa shape index (κ3) is 4.59. The summed E-state index contributed by atoms with van der Waals surface area (Å²) in [7, 11) is 0. The number of carbonyl (C=O) groups is 3. The van der Waals surface area contributed by atoms with E-state index in [9.17, 15) is 14.4 Å². The monoisotopic (exact) mass is 481 g/mol. The van der Waals surface area contributed by atoms with Crippen molar-refractivity contribution in [2.24, 2.45) is 0 Å². The number of benzene rings is 2. The zero-order valence-electron chi connectivity index (χ0n) is 19.7. The van der Waals surface area contributed by atoms with Crippen LogP contribution in [-0.2, 0) is 9.59 Å². The Bertz CT molecular complexity index is 1180. The molecule has 0 aromatic heterocycles. The van der Waals surface area contributed by atoms with Gasteiger partial charge in [-0.2, -0.15) is 0 Å². The van der Waals surface area contributed by atoms with E-state index in [1.54, 1.807) is 30.3 Å². The molecule has 1 unspecified atom stereocenters. The highest BCUT2D eigenvalue weighted by molar-refractivity contribution is 8.18. The number of thioether (sulfide) groups is 1. The highest BCUT2D eigenvalue weighted by atomic mass is 32.2. The average Bonchev–Trinajstić information content (AvgIpc) is 3.02. The minimum absolute atomic E-state index is 0.0852. The predicted octanol–water partition coefficient (Wildman–Crippen LogP) is 5.61.